The van der Waals surface area contributed by atoms with E-state index >= 15 is 0 Å². The highest BCUT2D eigenvalue weighted by Gasteiger charge is 2.02. The smallest absolute Gasteiger partial charge is 0.331 e. The third-order valence-electron chi connectivity index (χ3n) is 1.62. The normalized spacial score (nSPS) is 13.4. The summed E-state index contributed by atoms with van der Waals surface area (Å²) >= 11 is 0. The van der Waals surface area contributed by atoms with Crippen molar-refractivity contribution in [3.8, 4) is 0 Å². The van der Waals surface area contributed by atoms with E-state index in [0.29, 0.717) is 5.57 Å². The molecule has 0 aliphatic rings. The summed E-state index contributed by atoms with van der Waals surface area (Å²) in [7, 11) is 0. The van der Waals surface area contributed by atoms with Crippen LogP contribution in [0.25, 0.3) is 0 Å². The quantitative estimate of drug-likeness (QED) is 0.500. The number of carbonyl (C=O) groups is 1. The van der Waals surface area contributed by atoms with Crippen molar-refractivity contribution < 1.29 is 9.90 Å². The molecule has 0 bridgehead atoms. The number of rotatable bonds is 3. The highest BCUT2D eigenvalue weighted by Crippen LogP contribution is 2.08. The van der Waals surface area contributed by atoms with Gasteiger partial charge in [-0.1, -0.05) is 17.7 Å². The van der Waals surface area contributed by atoms with Gasteiger partial charge in [-0.2, -0.15) is 0 Å². The standard InChI is InChI=1S/C9H14O2/c1-4-5-6-7(2)8(3)9(10)11/h4-5H,6H2,1-3H3,(H,10,11). The Balaban J connectivity index is 4.28. The van der Waals surface area contributed by atoms with Crippen LogP contribution < -0.4 is 0 Å². The van der Waals surface area contributed by atoms with Crippen LogP contribution in [0.2, 0.25) is 0 Å². The lowest BCUT2D eigenvalue weighted by molar-refractivity contribution is -0.132. The molecule has 0 aliphatic carbocycles. The third kappa shape index (κ3) is 3.61. The van der Waals surface area contributed by atoms with Crippen molar-refractivity contribution in [2.45, 2.75) is 27.2 Å². The Labute approximate surface area is 67.2 Å². The molecule has 11 heavy (non-hydrogen) atoms. The fourth-order valence-corrected chi connectivity index (χ4v) is 0.630. The molecule has 0 saturated carbocycles. The number of carboxylic acids is 1. The van der Waals surface area contributed by atoms with Gasteiger partial charge in [0.15, 0.2) is 0 Å². The van der Waals surface area contributed by atoms with Gasteiger partial charge in [0.1, 0.15) is 0 Å². The van der Waals surface area contributed by atoms with Crippen LogP contribution in [0.1, 0.15) is 27.2 Å². The first-order valence-electron chi connectivity index (χ1n) is 3.60. The Morgan fingerprint density at radius 2 is 2.00 bits per heavy atom. The first-order chi connectivity index (χ1) is 5.09. The monoisotopic (exact) mass is 154 g/mol. The summed E-state index contributed by atoms with van der Waals surface area (Å²) in [5.74, 6) is -0.827. The predicted molar refractivity (Wildman–Crippen MR) is 45.4 cm³/mol. The van der Waals surface area contributed by atoms with Crippen LogP contribution in [0.15, 0.2) is 23.3 Å². The minimum absolute atomic E-state index is 0.447. The van der Waals surface area contributed by atoms with Crippen LogP contribution >= 0.6 is 0 Å². The van der Waals surface area contributed by atoms with Crippen molar-refractivity contribution in [2.24, 2.45) is 0 Å². The van der Waals surface area contributed by atoms with E-state index in [1.807, 2.05) is 26.0 Å². The molecule has 0 aliphatic heterocycles. The van der Waals surface area contributed by atoms with Crippen LogP contribution in [0.4, 0.5) is 0 Å². The van der Waals surface area contributed by atoms with Gasteiger partial charge >= 0.3 is 5.97 Å². The van der Waals surface area contributed by atoms with Gasteiger partial charge in [-0.25, -0.2) is 4.79 Å². The lowest BCUT2D eigenvalue weighted by Crippen LogP contribution is -1.98. The van der Waals surface area contributed by atoms with E-state index < -0.39 is 5.97 Å². The van der Waals surface area contributed by atoms with Gasteiger partial charge in [-0.05, 0) is 27.2 Å². The number of hydrogen-bond donors (Lipinski definition) is 1. The highest BCUT2D eigenvalue weighted by atomic mass is 16.4. The van der Waals surface area contributed by atoms with E-state index in [1.165, 1.54) is 0 Å². The topological polar surface area (TPSA) is 37.3 Å². The zero-order valence-electron chi connectivity index (χ0n) is 7.22. The molecular weight excluding hydrogens is 140 g/mol. The molecule has 0 saturated heterocycles. The van der Waals surface area contributed by atoms with Crippen molar-refractivity contribution in [1.29, 1.82) is 0 Å². The molecular formula is C9H14O2. The molecule has 2 nitrogen and oxygen atoms in total. The van der Waals surface area contributed by atoms with E-state index in [9.17, 15) is 4.79 Å². The number of carboxylic acid groups (broad SMARTS) is 1. The largest absolute Gasteiger partial charge is 0.478 e. The van der Waals surface area contributed by atoms with E-state index in [2.05, 4.69) is 0 Å². The average molecular weight is 154 g/mol. The second-order valence-corrected chi connectivity index (χ2v) is 2.48. The third-order valence-corrected chi connectivity index (χ3v) is 1.62. The van der Waals surface area contributed by atoms with Gasteiger partial charge in [0.05, 0.1) is 0 Å². The Morgan fingerprint density at radius 1 is 1.45 bits per heavy atom. The van der Waals surface area contributed by atoms with Crippen LogP contribution in [0.3, 0.4) is 0 Å². The minimum atomic E-state index is -0.827. The van der Waals surface area contributed by atoms with Gasteiger partial charge < -0.3 is 5.11 Å². The van der Waals surface area contributed by atoms with Crippen LogP contribution in [-0.2, 0) is 4.79 Å². The molecule has 0 atom stereocenters. The predicted octanol–water partition coefficient (Wildman–Crippen LogP) is 2.37. The SMILES string of the molecule is CC=CCC(C)=C(C)C(=O)O. The van der Waals surface area contributed by atoms with Gasteiger partial charge in [0.25, 0.3) is 0 Å². The maximum atomic E-state index is 10.4. The molecule has 0 radical (unpaired) electrons. The summed E-state index contributed by atoms with van der Waals surface area (Å²) in [5.41, 5.74) is 1.36. The van der Waals surface area contributed by atoms with Crippen LogP contribution in [-0.4, -0.2) is 11.1 Å². The minimum Gasteiger partial charge on any atom is -0.478 e. The Kier molecular flexibility index (Phi) is 4.27. The van der Waals surface area contributed by atoms with E-state index in [4.69, 9.17) is 5.11 Å². The zero-order valence-corrected chi connectivity index (χ0v) is 7.22. The highest BCUT2D eigenvalue weighted by molar-refractivity contribution is 5.86. The maximum absolute atomic E-state index is 10.4. The molecule has 0 unspecified atom stereocenters. The second kappa shape index (κ2) is 4.72. The molecule has 0 heterocycles. The van der Waals surface area contributed by atoms with Gasteiger partial charge in [-0.3, -0.25) is 0 Å². The van der Waals surface area contributed by atoms with E-state index in [0.717, 1.165) is 12.0 Å². The second-order valence-electron chi connectivity index (χ2n) is 2.48. The molecule has 0 rings (SSSR count). The first-order valence-corrected chi connectivity index (χ1v) is 3.60. The van der Waals surface area contributed by atoms with Crippen molar-refractivity contribution in [1.82, 2.24) is 0 Å². The van der Waals surface area contributed by atoms with Crippen LogP contribution in [0.5, 0.6) is 0 Å². The van der Waals surface area contributed by atoms with Gasteiger partial charge in [0.2, 0.25) is 0 Å². The molecule has 0 fully saturated rings. The summed E-state index contributed by atoms with van der Waals surface area (Å²) in [6.07, 6.45) is 4.59. The maximum Gasteiger partial charge on any atom is 0.331 e. The Hall–Kier alpha value is -1.05. The van der Waals surface area contributed by atoms with Gasteiger partial charge in [-0.15, -0.1) is 0 Å². The number of aliphatic carboxylic acids is 1. The van der Waals surface area contributed by atoms with Gasteiger partial charge in [0, 0.05) is 5.57 Å². The molecule has 0 aromatic carbocycles. The van der Waals surface area contributed by atoms with Crippen molar-refractivity contribution in [3.05, 3.63) is 23.3 Å². The molecule has 0 aromatic rings. The lowest BCUT2D eigenvalue weighted by atomic mass is 10.1. The van der Waals surface area contributed by atoms with E-state index in [1.54, 1.807) is 6.92 Å². The fourth-order valence-electron chi connectivity index (χ4n) is 0.630. The first kappa shape index (κ1) is 9.95. The molecule has 0 amide bonds. The summed E-state index contributed by atoms with van der Waals surface area (Å²) in [4.78, 5) is 10.4. The zero-order chi connectivity index (χ0) is 8.85. The lowest BCUT2D eigenvalue weighted by Gasteiger charge is -1.98. The van der Waals surface area contributed by atoms with Crippen LogP contribution in [0, 0.1) is 0 Å². The fraction of sp³-hybridized carbons (Fsp3) is 0.444. The summed E-state index contributed by atoms with van der Waals surface area (Å²) in [6.45, 7) is 5.38. The number of hydrogen-bond acceptors (Lipinski definition) is 1. The molecule has 0 spiro atoms. The van der Waals surface area contributed by atoms with Crippen molar-refractivity contribution in [3.63, 3.8) is 0 Å². The molecule has 62 valence electrons. The number of allylic oxidation sites excluding steroid dienone is 3. The average Bonchev–Trinajstić information content (AvgIpc) is 1.98. The Bertz CT molecular complexity index is 200. The molecule has 1 N–H and O–H groups in total. The molecule has 0 aromatic heterocycles. The Morgan fingerprint density at radius 3 is 2.36 bits per heavy atom. The molecule has 2 heteroatoms. The van der Waals surface area contributed by atoms with Crippen molar-refractivity contribution in [2.75, 3.05) is 0 Å². The summed E-state index contributed by atoms with van der Waals surface area (Å²) in [6, 6.07) is 0. The van der Waals surface area contributed by atoms with E-state index in [-0.39, 0.29) is 0 Å². The van der Waals surface area contributed by atoms with Crippen molar-refractivity contribution >= 4 is 5.97 Å². The summed E-state index contributed by atoms with van der Waals surface area (Å²) in [5, 5.41) is 8.57. The summed E-state index contributed by atoms with van der Waals surface area (Å²) < 4.78 is 0.